The van der Waals surface area contributed by atoms with Gasteiger partial charge in [-0.3, -0.25) is 4.79 Å². The van der Waals surface area contributed by atoms with Crippen LogP contribution in [-0.2, 0) is 10.0 Å². The van der Waals surface area contributed by atoms with Crippen molar-refractivity contribution in [2.45, 2.75) is 38.1 Å². The molecule has 24 heavy (non-hydrogen) atoms. The molecule has 2 N–H and O–H groups in total. The molecule has 134 valence electrons. The third-order valence-corrected chi connectivity index (χ3v) is 6.82. The number of carbonyl (C=O) groups excluding carboxylic acids is 1. The minimum atomic E-state index is -3.60. The van der Waals surface area contributed by atoms with Crippen molar-refractivity contribution in [1.82, 2.24) is 9.21 Å². The summed E-state index contributed by atoms with van der Waals surface area (Å²) in [6.45, 7) is 6.78. The van der Waals surface area contributed by atoms with Crippen LogP contribution in [-0.4, -0.2) is 56.8 Å². The lowest BCUT2D eigenvalue weighted by molar-refractivity contribution is 0.0743. The van der Waals surface area contributed by atoms with Gasteiger partial charge < -0.3 is 10.6 Å². The van der Waals surface area contributed by atoms with E-state index in [0.717, 1.165) is 12.0 Å². The summed E-state index contributed by atoms with van der Waals surface area (Å²) in [4.78, 5) is 14.9. The van der Waals surface area contributed by atoms with Crippen LogP contribution in [0, 0.1) is 19.8 Å². The fraction of sp³-hybridized carbons (Fsp3) is 0.588. The Bertz CT molecular complexity index is 744. The first-order valence-electron chi connectivity index (χ1n) is 8.14. The van der Waals surface area contributed by atoms with E-state index in [1.54, 1.807) is 17.9 Å². The van der Waals surface area contributed by atoms with E-state index in [9.17, 15) is 13.2 Å². The van der Waals surface area contributed by atoms with Crippen molar-refractivity contribution in [2.75, 3.05) is 27.2 Å². The molecule has 2 rings (SSSR count). The van der Waals surface area contributed by atoms with Crippen LogP contribution in [0.2, 0.25) is 0 Å². The molecular weight excluding hydrogens is 326 g/mol. The van der Waals surface area contributed by atoms with Crippen molar-refractivity contribution in [3.8, 4) is 0 Å². The standard InChI is InChI=1S/C17H27N3O3S/c1-11-6-15(8-16(13(11)3)24(22,23)19(4)5)17(21)20-10-14(9-18)7-12(20)2/h6,8,12,14H,7,9-10,18H2,1-5H3. The van der Waals surface area contributed by atoms with E-state index >= 15 is 0 Å². The van der Waals surface area contributed by atoms with Gasteiger partial charge in [0.2, 0.25) is 10.0 Å². The predicted molar refractivity (Wildman–Crippen MR) is 94.4 cm³/mol. The van der Waals surface area contributed by atoms with Crippen molar-refractivity contribution >= 4 is 15.9 Å². The second kappa shape index (κ2) is 6.82. The summed E-state index contributed by atoms with van der Waals surface area (Å²) in [6, 6.07) is 3.39. The molecule has 0 radical (unpaired) electrons. The number of sulfonamides is 1. The molecule has 2 unspecified atom stereocenters. The number of nitrogens with two attached hydrogens (primary N) is 1. The monoisotopic (exact) mass is 353 g/mol. The molecule has 1 aliphatic rings. The maximum atomic E-state index is 12.9. The molecule has 1 saturated heterocycles. The van der Waals surface area contributed by atoms with Gasteiger partial charge in [-0.1, -0.05) is 0 Å². The Balaban J connectivity index is 2.46. The molecule has 1 aliphatic heterocycles. The number of amides is 1. The molecule has 0 aromatic heterocycles. The number of likely N-dealkylation sites (tertiary alicyclic amines) is 1. The first-order valence-corrected chi connectivity index (χ1v) is 9.58. The molecule has 0 saturated carbocycles. The highest BCUT2D eigenvalue weighted by molar-refractivity contribution is 7.89. The van der Waals surface area contributed by atoms with Gasteiger partial charge in [0.1, 0.15) is 0 Å². The lowest BCUT2D eigenvalue weighted by Gasteiger charge is -2.23. The molecule has 1 amide bonds. The number of benzene rings is 1. The molecule has 1 fully saturated rings. The summed E-state index contributed by atoms with van der Waals surface area (Å²) < 4.78 is 26.3. The van der Waals surface area contributed by atoms with Crippen LogP contribution < -0.4 is 5.73 Å². The number of aryl methyl sites for hydroxylation is 1. The van der Waals surface area contributed by atoms with Crippen molar-refractivity contribution < 1.29 is 13.2 Å². The average molecular weight is 353 g/mol. The van der Waals surface area contributed by atoms with Gasteiger partial charge >= 0.3 is 0 Å². The second-order valence-corrected chi connectivity index (χ2v) is 8.97. The fourth-order valence-electron chi connectivity index (χ4n) is 3.18. The molecule has 2 atom stereocenters. The van der Waals surface area contributed by atoms with E-state index in [2.05, 4.69) is 0 Å². The number of carbonyl (C=O) groups is 1. The highest BCUT2D eigenvalue weighted by Crippen LogP contribution is 2.27. The molecule has 1 heterocycles. The minimum Gasteiger partial charge on any atom is -0.336 e. The fourth-order valence-corrected chi connectivity index (χ4v) is 4.39. The van der Waals surface area contributed by atoms with Gasteiger partial charge in [-0.15, -0.1) is 0 Å². The molecule has 0 spiro atoms. The van der Waals surface area contributed by atoms with Crippen molar-refractivity contribution in [3.05, 3.63) is 28.8 Å². The minimum absolute atomic E-state index is 0.113. The quantitative estimate of drug-likeness (QED) is 0.886. The largest absolute Gasteiger partial charge is 0.336 e. The van der Waals surface area contributed by atoms with Gasteiger partial charge in [0.05, 0.1) is 4.90 Å². The number of hydrogen-bond donors (Lipinski definition) is 1. The maximum absolute atomic E-state index is 12.9. The van der Waals surface area contributed by atoms with Gasteiger partial charge in [0.15, 0.2) is 0 Å². The summed E-state index contributed by atoms with van der Waals surface area (Å²) >= 11 is 0. The summed E-state index contributed by atoms with van der Waals surface area (Å²) in [5, 5.41) is 0. The first kappa shape index (κ1) is 18.9. The third-order valence-electron chi connectivity index (χ3n) is 4.88. The predicted octanol–water partition coefficient (Wildman–Crippen LogP) is 1.36. The zero-order chi connectivity index (χ0) is 18.2. The molecule has 7 heteroatoms. The number of nitrogens with zero attached hydrogens (tertiary/aromatic N) is 2. The normalized spacial score (nSPS) is 21.5. The molecular formula is C17H27N3O3S. The van der Waals surface area contributed by atoms with Gasteiger partial charge in [-0.05, 0) is 62.9 Å². The van der Waals surface area contributed by atoms with Crippen LogP contribution in [0.3, 0.4) is 0 Å². The maximum Gasteiger partial charge on any atom is 0.254 e. The Hall–Kier alpha value is -1.44. The lowest BCUT2D eigenvalue weighted by Crippen LogP contribution is -2.34. The van der Waals surface area contributed by atoms with Crippen molar-refractivity contribution in [2.24, 2.45) is 11.7 Å². The van der Waals surface area contributed by atoms with E-state index in [-0.39, 0.29) is 16.8 Å². The van der Waals surface area contributed by atoms with E-state index in [1.165, 1.54) is 24.5 Å². The first-order chi connectivity index (χ1) is 11.1. The van der Waals surface area contributed by atoms with Crippen LogP contribution in [0.4, 0.5) is 0 Å². The highest BCUT2D eigenvalue weighted by atomic mass is 32.2. The Morgan fingerprint density at radius 2 is 1.96 bits per heavy atom. The van der Waals surface area contributed by atoms with Crippen LogP contribution in [0.25, 0.3) is 0 Å². The van der Waals surface area contributed by atoms with Gasteiger partial charge in [-0.2, -0.15) is 0 Å². The van der Waals surface area contributed by atoms with E-state index in [1.807, 2.05) is 13.8 Å². The van der Waals surface area contributed by atoms with Crippen LogP contribution in [0.5, 0.6) is 0 Å². The number of rotatable bonds is 4. The van der Waals surface area contributed by atoms with E-state index in [4.69, 9.17) is 5.73 Å². The second-order valence-electron chi connectivity index (χ2n) is 6.85. The Labute approximate surface area is 144 Å². The topological polar surface area (TPSA) is 83.7 Å². The van der Waals surface area contributed by atoms with Crippen LogP contribution in [0.1, 0.15) is 34.8 Å². The third kappa shape index (κ3) is 3.34. The van der Waals surface area contributed by atoms with E-state index < -0.39 is 10.0 Å². The smallest absolute Gasteiger partial charge is 0.254 e. The Morgan fingerprint density at radius 3 is 2.46 bits per heavy atom. The molecule has 1 aromatic carbocycles. The summed E-state index contributed by atoms with van der Waals surface area (Å²) in [6.07, 6.45) is 0.885. The summed E-state index contributed by atoms with van der Waals surface area (Å²) in [5.74, 6) is 0.178. The van der Waals surface area contributed by atoms with Crippen molar-refractivity contribution in [1.29, 1.82) is 0 Å². The van der Waals surface area contributed by atoms with Gasteiger partial charge in [0.25, 0.3) is 5.91 Å². The van der Waals surface area contributed by atoms with Crippen LogP contribution in [0.15, 0.2) is 17.0 Å². The summed E-state index contributed by atoms with van der Waals surface area (Å²) in [5.41, 5.74) is 7.62. The molecule has 0 aliphatic carbocycles. The highest BCUT2D eigenvalue weighted by Gasteiger charge is 2.33. The zero-order valence-electron chi connectivity index (χ0n) is 15.0. The SMILES string of the molecule is Cc1cc(C(=O)N2CC(CN)CC2C)cc(S(=O)(=O)N(C)C)c1C. The lowest BCUT2D eigenvalue weighted by atomic mass is 10.0. The van der Waals surface area contributed by atoms with E-state index in [0.29, 0.717) is 30.1 Å². The van der Waals surface area contributed by atoms with Crippen LogP contribution >= 0.6 is 0 Å². The van der Waals surface area contributed by atoms with Gasteiger partial charge in [0, 0.05) is 32.2 Å². The Morgan fingerprint density at radius 1 is 1.33 bits per heavy atom. The number of hydrogen-bond acceptors (Lipinski definition) is 4. The molecule has 0 bridgehead atoms. The summed E-state index contributed by atoms with van der Waals surface area (Å²) in [7, 11) is -0.610. The molecule has 1 aromatic rings. The zero-order valence-corrected chi connectivity index (χ0v) is 15.9. The Kier molecular flexibility index (Phi) is 5.37. The van der Waals surface area contributed by atoms with Gasteiger partial charge in [-0.25, -0.2) is 12.7 Å². The van der Waals surface area contributed by atoms with Crippen molar-refractivity contribution in [3.63, 3.8) is 0 Å². The molecule has 6 nitrogen and oxygen atoms in total. The average Bonchev–Trinajstić information content (AvgIpc) is 2.89.